The summed E-state index contributed by atoms with van der Waals surface area (Å²) in [5, 5.41) is 3.16. The highest BCUT2D eigenvalue weighted by molar-refractivity contribution is 14.0. The van der Waals surface area contributed by atoms with E-state index in [1.807, 2.05) is 18.9 Å². The predicted octanol–water partition coefficient (Wildman–Crippen LogP) is 1.89. The van der Waals surface area contributed by atoms with Crippen LogP contribution in [0.2, 0.25) is 0 Å². The zero-order valence-electron chi connectivity index (χ0n) is 15.5. The molecule has 0 bridgehead atoms. The summed E-state index contributed by atoms with van der Waals surface area (Å²) in [6.07, 6.45) is 2.58. The summed E-state index contributed by atoms with van der Waals surface area (Å²) in [4.78, 5) is 7.16. The second-order valence-electron chi connectivity index (χ2n) is 6.18. The normalized spacial score (nSPS) is 14.8. The molecule has 2 N–H and O–H groups in total. The van der Waals surface area contributed by atoms with Gasteiger partial charge < -0.3 is 15.0 Å². The molecule has 0 amide bonds. The molecule has 10 heteroatoms. The number of aliphatic imine (C=N–C) groups is 1. The van der Waals surface area contributed by atoms with E-state index in [0.29, 0.717) is 23.9 Å². The molecule has 1 saturated carbocycles. The lowest BCUT2D eigenvalue weighted by atomic mass is 10.5. The predicted molar refractivity (Wildman–Crippen MR) is 117 cm³/mol. The maximum absolute atomic E-state index is 12.1. The Morgan fingerprint density at radius 2 is 2.12 bits per heavy atom. The molecular weight excluding hydrogens is 487 g/mol. The van der Waals surface area contributed by atoms with E-state index in [-0.39, 0.29) is 24.0 Å². The van der Waals surface area contributed by atoms with E-state index in [1.165, 1.54) is 24.2 Å². The number of aryl methyl sites for hydroxylation is 1. The van der Waals surface area contributed by atoms with Crippen LogP contribution in [0.5, 0.6) is 0 Å². The number of hydrogen-bond acceptors (Lipinski definition) is 5. The van der Waals surface area contributed by atoms with Crippen LogP contribution in [-0.2, 0) is 14.8 Å². The number of nitrogens with zero attached hydrogens (tertiary/aromatic N) is 2. The first-order valence-electron chi connectivity index (χ1n) is 8.48. The molecule has 2 rings (SSSR count). The lowest BCUT2D eigenvalue weighted by Gasteiger charge is -2.22. The first-order chi connectivity index (χ1) is 11.9. The van der Waals surface area contributed by atoms with Gasteiger partial charge >= 0.3 is 0 Å². The summed E-state index contributed by atoms with van der Waals surface area (Å²) < 4.78 is 32.9. The summed E-state index contributed by atoms with van der Waals surface area (Å²) in [7, 11) is 0.221. The molecule has 0 radical (unpaired) electrons. The lowest BCUT2D eigenvalue weighted by Crippen LogP contribution is -2.43. The van der Waals surface area contributed by atoms with Crippen LogP contribution in [0.3, 0.4) is 0 Å². The van der Waals surface area contributed by atoms with Crippen molar-refractivity contribution in [1.82, 2.24) is 14.9 Å². The number of guanidine groups is 1. The maximum atomic E-state index is 12.1. The Hall–Kier alpha value is -0.430. The van der Waals surface area contributed by atoms with Crippen molar-refractivity contribution in [3.8, 4) is 0 Å². The zero-order valence-corrected chi connectivity index (χ0v) is 19.5. The van der Waals surface area contributed by atoms with Crippen molar-refractivity contribution in [2.45, 2.75) is 24.0 Å². The number of halogens is 1. The van der Waals surface area contributed by atoms with Crippen molar-refractivity contribution in [3.05, 3.63) is 17.0 Å². The Kier molecular flexibility index (Phi) is 10.4. The molecule has 7 nitrogen and oxygen atoms in total. The van der Waals surface area contributed by atoms with Gasteiger partial charge in [-0.15, -0.1) is 35.3 Å². The van der Waals surface area contributed by atoms with E-state index in [4.69, 9.17) is 4.74 Å². The van der Waals surface area contributed by atoms with Gasteiger partial charge in [0.2, 0.25) is 10.0 Å². The third-order valence-electron chi connectivity index (χ3n) is 3.88. The van der Waals surface area contributed by atoms with E-state index >= 15 is 0 Å². The minimum atomic E-state index is -3.43. The summed E-state index contributed by atoms with van der Waals surface area (Å²) >= 11 is 1.27. The highest BCUT2D eigenvalue weighted by atomic mass is 127. The molecule has 0 saturated heterocycles. The number of rotatable bonds is 10. The second-order valence-corrected chi connectivity index (χ2v) is 9.46. The van der Waals surface area contributed by atoms with Crippen LogP contribution in [-0.4, -0.2) is 66.2 Å². The number of hydrogen-bond donors (Lipinski definition) is 2. The monoisotopic (exact) mass is 516 g/mol. The number of nitrogens with one attached hydrogen (secondary N) is 2. The van der Waals surface area contributed by atoms with Crippen molar-refractivity contribution < 1.29 is 13.2 Å². The Morgan fingerprint density at radius 3 is 2.69 bits per heavy atom. The number of likely N-dealkylation sites (N-methyl/N-ethyl adjacent to an activating group) is 1. The van der Waals surface area contributed by atoms with Crippen LogP contribution < -0.4 is 10.0 Å². The Balaban J connectivity index is 0.00000338. The van der Waals surface area contributed by atoms with Crippen LogP contribution in [0, 0.1) is 12.8 Å². The fourth-order valence-corrected chi connectivity index (χ4v) is 4.57. The average molecular weight is 516 g/mol. The summed E-state index contributed by atoms with van der Waals surface area (Å²) in [5.74, 6) is 1.49. The third-order valence-corrected chi connectivity index (χ3v) is 6.83. The van der Waals surface area contributed by atoms with E-state index in [0.717, 1.165) is 29.9 Å². The van der Waals surface area contributed by atoms with Crippen molar-refractivity contribution in [3.63, 3.8) is 0 Å². The van der Waals surface area contributed by atoms with Gasteiger partial charge in [0.15, 0.2) is 5.96 Å². The number of ether oxygens (including phenoxy) is 1. The highest BCUT2D eigenvalue weighted by Gasteiger charge is 2.21. The molecule has 0 spiro atoms. The Morgan fingerprint density at radius 1 is 1.38 bits per heavy atom. The summed E-state index contributed by atoms with van der Waals surface area (Å²) in [6.45, 7) is 4.90. The molecule has 150 valence electrons. The van der Waals surface area contributed by atoms with E-state index < -0.39 is 10.0 Å². The molecule has 1 aliphatic carbocycles. The second kappa shape index (κ2) is 11.4. The molecule has 1 aliphatic rings. The van der Waals surface area contributed by atoms with E-state index in [1.54, 1.807) is 19.2 Å². The number of sulfonamides is 1. The molecule has 1 aromatic rings. The molecule has 0 aliphatic heterocycles. The van der Waals surface area contributed by atoms with Crippen LogP contribution >= 0.6 is 35.3 Å². The van der Waals surface area contributed by atoms with Crippen molar-refractivity contribution in [2.75, 3.05) is 46.9 Å². The van der Waals surface area contributed by atoms with Crippen molar-refractivity contribution in [1.29, 1.82) is 0 Å². The van der Waals surface area contributed by atoms with Crippen molar-refractivity contribution >= 4 is 51.3 Å². The zero-order chi connectivity index (χ0) is 18.3. The average Bonchev–Trinajstić information content (AvgIpc) is 3.29. The fourth-order valence-electron chi connectivity index (χ4n) is 2.21. The molecular formula is C16H29IN4O3S2. The van der Waals surface area contributed by atoms with Gasteiger partial charge in [0.25, 0.3) is 0 Å². The molecule has 1 heterocycles. The fraction of sp³-hybridized carbons (Fsp3) is 0.688. The third kappa shape index (κ3) is 8.07. The molecule has 1 aromatic heterocycles. The summed E-state index contributed by atoms with van der Waals surface area (Å²) in [6, 6.07) is 3.43. The number of thiophene rings is 1. The molecule has 0 aromatic carbocycles. The Labute approximate surface area is 177 Å². The van der Waals surface area contributed by atoms with Crippen LogP contribution in [0.15, 0.2) is 21.3 Å². The quantitative estimate of drug-likeness (QED) is 0.215. The Bertz CT molecular complexity index is 675. The maximum Gasteiger partial charge on any atom is 0.250 e. The van der Waals surface area contributed by atoms with Gasteiger partial charge in [-0.25, -0.2) is 13.1 Å². The van der Waals surface area contributed by atoms with Gasteiger partial charge in [0.05, 0.1) is 6.61 Å². The van der Waals surface area contributed by atoms with Gasteiger partial charge in [-0.2, -0.15) is 0 Å². The van der Waals surface area contributed by atoms with Gasteiger partial charge in [-0.1, -0.05) is 0 Å². The summed E-state index contributed by atoms with van der Waals surface area (Å²) in [5.41, 5.74) is 0. The smallest absolute Gasteiger partial charge is 0.250 e. The highest BCUT2D eigenvalue weighted by Crippen LogP contribution is 2.28. The lowest BCUT2D eigenvalue weighted by molar-refractivity contribution is 0.115. The van der Waals surface area contributed by atoms with Crippen molar-refractivity contribution in [2.24, 2.45) is 10.9 Å². The standard InChI is InChI=1S/C16H28N4O3S2.HI/c1-13-4-7-15(24-13)25(21,22)19-9-8-18-16(17-2)20(3)10-11-23-12-14-5-6-14;/h4,7,14,19H,5-6,8-12H2,1-3H3,(H,17,18);1H. The van der Waals surface area contributed by atoms with Gasteiger partial charge in [0.1, 0.15) is 4.21 Å². The minimum Gasteiger partial charge on any atom is -0.379 e. The largest absolute Gasteiger partial charge is 0.379 e. The first kappa shape index (κ1) is 23.6. The SMILES string of the molecule is CN=C(NCCNS(=O)(=O)c1ccc(C)s1)N(C)CCOCC1CC1.I. The topological polar surface area (TPSA) is 83.0 Å². The molecule has 26 heavy (non-hydrogen) atoms. The molecule has 0 unspecified atom stereocenters. The van der Waals surface area contributed by atoms with Crippen LogP contribution in [0.4, 0.5) is 0 Å². The van der Waals surface area contributed by atoms with Gasteiger partial charge in [0, 0.05) is 45.2 Å². The van der Waals surface area contributed by atoms with E-state index in [2.05, 4.69) is 15.0 Å². The molecule has 0 atom stereocenters. The first-order valence-corrected chi connectivity index (χ1v) is 10.8. The van der Waals surface area contributed by atoms with E-state index in [9.17, 15) is 8.42 Å². The minimum absolute atomic E-state index is 0. The van der Waals surface area contributed by atoms with Crippen LogP contribution in [0.25, 0.3) is 0 Å². The van der Waals surface area contributed by atoms with Gasteiger partial charge in [-0.05, 0) is 37.8 Å². The van der Waals surface area contributed by atoms with Crippen LogP contribution in [0.1, 0.15) is 17.7 Å². The molecule has 1 fully saturated rings. The van der Waals surface area contributed by atoms with Gasteiger partial charge in [-0.3, -0.25) is 4.99 Å².